The Hall–Kier alpha value is -2.77. The van der Waals surface area contributed by atoms with Gasteiger partial charge in [0.2, 0.25) is 0 Å². The average molecular weight is 569 g/mol. The standard InChI is InChI=1S/C33H48N2O6/c1-32-17-14-23(40-29(36)21-8-6-5-7-9-21)20-22(32)10-11-24-25-12-13-27(33(25,2)18-15-26(24)32)28(41-31(38)35-4)16-19-39-30(37)34-3/h5-9,22-28H,10-20H2,1-4H3,(H,34,37)(H,35,38)/t22-,23+,24+,25+,26+,27-,28-,32+,33+/m1/s1. The molecule has 0 bridgehead atoms. The van der Waals surface area contributed by atoms with E-state index in [9.17, 15) is 14.4 Å². The van der Waals surface area contributed by atoms with Gasteiger partial charge < -0.3 is 24.8 Å². The molecule has 9 atom stereocenters. The van der Waals surface area contributed by atoms with Gasteiger partial charge in [0.05, 0.1) is 12.2 Å². The Morgan fingerprint density at radius 1 is 0.878 bits per heavy atom. The molecule has 8 nitrogen and oxygen atoms in total. The number of fused-ring (bicyclic) bond motifs is 5. The van der Waals surface area contributed by atoms with Crippen LogP contribution >= 0.6 is 0 Å². The number of benzene rings is 1. The number of carbonyl (C=O) groups excluding carboxylic acids is 3. The molecule has 5 rings (SSSR count). The number of nitrogens with one attached hydrogen (secondary N) is 2. The van der Waals surface area contributed by atoms with Gasteiger partial charge in [-0.3, -0.25) is 0 Å². The van der Waals surface area contributed by atoms with Crippen LogP contribution in [0.5, 0.6) is 0 Å². The van der Waals surface area contributed by atoms with E-state index < -0.39 is 12.2 Å². The van der Waals surface area contributed by atoms with Crippen molar-refractivity contribution in [1.82, 2.24) is 10.6 Å². The highest BCUT2D eigenvalue weighted by Crippen LogP contribution is 2.68. The Morgan fingerprint density at radius 2 is 1.59 bits per heavy atom. The maximum atomic E-state index is 12.7. The highest BCUT2D eigenvalue weighted by Gasteiger charge is 2.61. The summed E-state index contributed by atoms with van der Waals surface area (Å²) < 4.78 is 17.2. The van der Waals surface area contributed by atoms with Gasteiger partial charge in [-0.25, -0.2) is 14.4 Å². The van der Waals surface area contributed by atoms with Gasteiger partial charge in [-0.05, 0) is 104 Å². The van der Waals surface area contributed by atoms with Crippen molar-refractivity contribution >= 4 is 18.2 Å². The molecule has 4 fully saturated rings. The van der Waals surface area contributed by atoms with Crippen LogP contribution in [0.1, 0.15) is 88.4 Å². The Morgan fingerprint density at radius 3 is 2.32 bits per heavy atom. The number of rotatable bonds is 7. The van der Waals surface area contributed by atoms with Gasteiger partial charge in [-0.15, -0.1) is 0 Å². The summed E-state index contributed by atoms with van der Waals surface area (Å²) in [5, 5.41) is 5.09. The molecule has 0 saturated heterocycles. The molecule has 226 valence electrons. The van der Waals surface area contributed by atoms with Crippen molar-refractivity contribution in [1.29, 1.82) is 0 Å². The van der Waals surface area contributed by atoms with Gasteiger partial charge in [0.25, 0.3) is 0 Å². The molecule has 0 radical (unpaired) electrons. The summed E-state index contributed by atoms with van der Waals surface area (Å²) in [4.78, 5) is 36.7. The molecular formula is C33H48N2O6. The van der Waals surface area contributed by atoms with Crippen LogP contribution in [0.15, 0.2) is 30.3 Å². The van der Waals surface area contributed by atoms with Crippen molar-refractivity contribution in [2.24, 2.45) is 40.4 Å². The highest BCUT2D eigenvalue weighted by atomic mass is 16.6. The van der Waals surface area contributed by atoms with Gasteiger partial charge in [0.15, 0.2) is 0 Å². The zero-order valence-electron chi connectivity index (χ0n) is 25.2. The van der Waals surface area contributed by atoms with E-state index in [1.54, 1.807) is 14.1 Å². The zero-order valence-corrected chi connectivity index (χ0v) is 25.2. The molecule has 0 heterocycles. The Labute approximate surface area is 244 Å². The lowest BCUT2D eigenvalue weighted by Crippen LogP contribution is -2.55. The minimum Gasteiger partial charge on any atom is -0.459 e. The van der Waals surface area contributed by atoms with Gasteiger partial charge in [0, 0.05) is 26.4 Å². The molecule has 2 amide bonds. The number of esters is 1. The summed E-state index contributed by atoms with van der Waals surface area (Å²) in [5.41, 5.74) is 1.00. The number of ether oxygens (including phenoxy) is 3. The predicted octanol–water partition coefficient (Wildman–Crippen LogP) is 6.34. The Bertz CT molecular complexity index is 1100. The predicted molar refractivity (Wildman–Crippen MR) is 155 cm³/mol. The number of carbonyl (C=O) groups is 3. The second-order valence-corrected chi connectivity index (χ2v) is 13.4. The number of amides is 2. The van der Waals surface area contributed by atoms with E-state index in [-0.39, 0.29) is 41.5 Å². The van der Waals surface area contributed by atoms with Crippen LogP contribution in [0.25, 0.3) is 0 Å². The lowest BCUT2D eigenvalue weighted by atomic mass is 9.44. The fourth-order valence-corrected chi connectivity index (χ4v) is 9.65. The first kappa shape index (κ1) is 29.7. The topological polar surface area (TPSA) is 103 Å². The summed E-state index contributed by atoms with van der Waals surface area (Å²) in [5.74, 6) is 2.59. The minimum atomic E-state index is -0.464. The summed E-state index contributed by atoms with van der Waals surface area (Å²) in [6.07, 6.45) is 9.26. The highest BCUT2D eigenvalue weighted by molar-refractivity contribution is 5.89. The van der Waals surface area contributed by atoms with Crippen LogP contribution in [-0.4, -0.2) is 51.1 Å². The van der Waals surface area contributed by atoms with Crippen LogP contribution in [0.4, 0.5) is 9.59 Å². The summed E-state index contributed by atoms with van der Waals surface area (Å²) in [6.45, 7) is 5.17. The van der Waals surface area contributed by atoms with Crippen molar-refractivity contribution in [2.45, 2.75) is 90.3 Å². The molecule has 8 heteroatoms. The van der Waals surface area contributed by atoms with Crippen molar-refractivity contribution in [3.63, 3.8) is 0 Å². The van der Waals surface area contributed by atoms with E-state index in [0.29, 0.717) is 35.7 Å². The van der Waals surface area contributed by atoms with E-state index in [0.717, 1.165) is 38.5 Å². The van der Waals surface area contributed by atoms with Crippen LogP contribution in [0.3, 0.4) is 0 Å². The lowest BCUT2D eigenvalue weighted by Gasteiger charge is -2.61. The van der Waals surface area contributed by atoms with Gasteiger partial charge in [-0.2, -0.15) is 0 Å². The average Bonchev–Trinajstić information content (AvgIpc) is 3.34. The maximum absolute atomic E-state index is 12.7. The monoisotopic (exact) mass is 568 g/mol. The summed E-state index contributed by atoms with van der Waals surface area (Å²) in [7, 11) is 3.13. The largest absolute Gasteiger partial charge is 0.459 e. The van der Waals surface area contributed by atoms with E-state index in [2.05, 4.69) is 24.5 Å². The summed E-state index contributed by atoms with van der Waals surface area (Å²) >= 11 is 0. The fraction of sp³-hybridized carbons (Fsp3) is 0.727. The number of hydrogen-bond donors (Lipinski definition) is 2. The Balaban J connectivity index is 1.25. The molecule has 0 aliphatic heterocycles. The minimum absolute atomic E-state index is 0.00155. The fourth-order valence-electron chi connectivity index (χ4n) is 9.65. The van der Waals surface area contributed by atoms with Crippen LogP contribution in [0.2, 0.25) is 0 Å². The zero-order chi connectivity index (χ0) is 29.2. The van der Waals surface area contributed by atoms with Crippen molar-refractivity contribution < 1.29 is 28.6 Å². The molecule has 0 unspecified atom stereocenters. The van der Waals surface area contributed by atoms with Gasteiger partial charge in [0.1, 0.15) is 12.2 Å². The second-order valence-electron chi connectivity index (χ2n) is 13.4. The molecule has 1 aromatic rings. The number of alkyl carbamates (subject to hydrolysis) is 2. The molecule has 2 N–H and O–H groups in total. The third kappa shape index (κ3) is 5.80. The van der Waals surface area contributed by atoms with E-state index in [4.69, 9.17) is 14.2 Å². The van der Waals surface area contributed by atoms with Crippen molar-refractivity contribution in [2.75, 3.05) is 20.7 Å². The normalized spacial score (nSPS) is 36.5. The molecule has 0 spiro atoms. The molecule has 0 aromatic heterocycles. The van der Waals surface area contributed by atoms with Crippen LogP contribution in [-0.2, 0) is 14.2 Å². The number of hydrogen-bond acceptors (Lipinski definition) is 6. The third-order valence-corrected chi connectivity index (χ3v) is 11.7. The smallest absolute Gasteiger partial charge is 0.407 e. The van der Waals surface area contributed by atoms with Crippen LogP contribution in [0, 0.1) is 40.4 Å². The first-order valence-electron chi connectivity index (χ1n) is 15.7. The third-order valence-electron chi connectivity index (χ3n) is 11.7. The van der Waals surface area contributed by atoms with Gasteiger partial charge in [-0.1, -0.05) is 32.0 Å². The SMILES string of the molecule is CNC(=O)OCC[C@@H](OC(=O)NC)[C@H]1CC[C@H]2[C@@H]3CC[C@@H]4C[C@@H](OC(=O)c5ccccc5)CC[C@]4(C)[C@H]3CC[C@]12C. The van der Waals surface area contributed by atoms with E-state index >= 15 is 0 Å². The van der Waals surface area contributed by atoms with Crippen molar-refractivity contribution in [3.8, 4) is 0 Å². The molecule has 4 aliphatic rings. The molecule has 1 aromatic carbocycles. The van der Waals surface area contributed by atoms with E-state index in [1.165, 1.54) is 19.3 Å². The lowest BCUT2D eigenvalue weighted by molar-refractivity contribution is -0.134. The second kappa shape index (κ2) is 12.2. The Kier molecular flexibility index (Phi) is 8.86. The first-order valence-corrected chi connectivity index (χ1v) is 15.7. The first-order chi connectivity index (χ1) is 19.7. The maximum Gasteiger partial charge on any atom is 0.407 e. The van der Waals surface area contributed by atoms with Crippen molar-refractivity contribution in [3.05, 3.63) is 35.9 Å². The molecule has 4 saturated carbocycles. The quantitative estimate of drug-likeness (QED) is 0.294. The van der Waals surface area contributed by atoms with Crippen LogP contribution < -0.4 is 10.6 Å². The molecule has 4 aliphatic carbocycles. The van der Waals surface area contributed by atoms with E-state index in [1.807, 2.05) is 30.3 Å². The van der Waals surface area contributed by atoms with Gasteiger partial charge >= 0.3 is 18.2 Å². The molecule has 41 heavy (non-hydrogen) atoms. The summed E-state index contributed by atoms with van der Waals surface area (Å²) in [6, 6.07) is 9.33. The molecular weight excluding hydrogens is 520 g/mol.